The molecule has 1 aliphatic carbocycles. The molecule has 1 amide bonds. The number of fused-ring (bicyclic) bond motifs is 1. The Bertz CT molecular complexity index is 811. The number of carbonyl (C=O) groups excluding carboxylic acids is 1. The highest BCUT2D eigenvalue weighted by atomic mass is 16.2. The van der Waals surface area contributed by atoms with E-state index in [1.165, 1.54) is 6.42 Å². The van der Waals surface area contributed by atoms with Crippen molar-refractivity contribution in [3.8, 4) is 0 Å². The number of hydrogen-bond acceptors (Lipinski definition) is 2. The van der Waals surface area contributed by atoms with Gasteiger partial charge < -0.3 is 5.32 Å². The number of nitrogens with one attached hydrogen (secondary N) is 1. The van der Waals surface area contributed by atoms with Crippen molar-refractivity contribution < 1.29 is 4.79 Å². The second kappa shape index (κ2) is 6.44. The lowest BCUT2D eigenvalue weighted by molar-refractivity contribution is -0.122. The molecular weight excluding hydrogens is 290 g/mol. The summed E-state index contributed by atoms with van der Waals surface area (Å²) < 4.78 is 3.35. The van der Waals surface area contributed by atoms with Crippen molar-refractivity contribution in [2.75, 3.05) is 0 Å². The van der Waals surface area contributed by atoms with Crippen LogP contribution in [0.4, 0.5) is 0 Å². The van der Waals surface area contributed by atoms with E-state index in [0.29, 0.717) is 0 Å². The molecule has 0 saturated heterocycles. The maximum Gasteiger partial charge on any atom is 0.333 e. The Morgan fingerprint density at radius 1 is 1.22 bits per heavy atom. The van der Waals surface area contributed by atoms with E-state index in [1.54, 1.807) is 9.13 Å². The van der Waals surface area contributed by atoms with Crippen molar-refractivity contribution in [3.63, 3.8) is 0 Å². The van der Waals surface area contributed by atoms with E-state index in [9.17, 15) is 9.59 Å². The van der Waals surface area contributed by atoms with Crippen molar-refractivity contribution in [1.29, 1.82) is 0 Å². The van der Waals surface area contributed by atoms with E-state index >= 15 is 0 Å². The molecule has 2 aromatic rings. The molecule has 0 aliphatic heterocycles. The van der Waals surface area contributed by atoms with Gasteiger partial charge in [-0.05, 0) is 51.7 Å². The Kier molecular flexibility index (Phi) is 4.37. The molecule has 1 aromatic heterocycles. The van der Waals surface area contributed by atoms with E-state index in [1.807, 2.05) is 38.1 Å². The number of para-hydroxylation sites is 2. The zero-order valence-electron chi connectivity index (χ0n) is 13.7. The molecule has 0 radical (unpaired) electrons. The average molecular weight is 313 g/mol. The Morgan fingerprint density at radius 2 is 1.96 bits per heavy atom. The molecule has 3 rings (SSSR count). The first kappa shape index (κ1) is 15.6. The molecule has 1 heterocycles. The van der Waals surface area contributed by atoms with Crippen LogP contribution in [0, 0.1) is 0 Å². The molecule has 1 N–H and O–H groups in total. The zero-order valence-corrected chi connectivity index (χ0v) is 13.7. The summed E-state index contributed by atoms with van der Waals surface area (Å²) in [5.41, 5.74) is 2.62. The molecule has 0 fully saturated rings. The van der Waals surface area contributed by atoms with Gasteiger partial charge in [0.1, 0.15) is 6.54 Å². The minimum atomic E-state index is -0.136. The third kappa shape index (κ3) is 3.09. The lowest BCUT2D eigenvalue weighted by atomic mass is 10.0. The van der Waals surface area contributed by atoms with Crippen molar-refractivity contribution in [2.45, 2.75) is 52.1 Å². The summed E-state index contributed by atoms with van der Waals surface area (Å²) >= 11 is 0. The van der Waals surface area contributed by atoms with Gasteiger partial charge in [-0.3, -0.25) is 13.9 Å². The third-order valence-corrected chi connectivity index (χ3v) is 4.14. The minimum Gasteiger partial charge on any atom is -0.352 e. The third-order valence-electron chi connectivity index (χ3n) is 4.14. The zero-order chi connectivity index (χ0) is 16.4. The lowest BCUT2D eigenvalue weighted by Gasteiger charge is -2.13. The summed E-state index contributed by atoms with van der Waals surface area (Å²) in [6.07, 6.45) is 6.34. The van der Waals surface area contributed by atoms with Crippen LogP contribution in [-0.2, 0) is 11.3 Å². The minimum absolute atomic E-state index is 0.0534. The Labute approximate surface area is 135 Å². The predicted molar refractivity (Wildman–Crippen MR) is 92.2 cm³/mol. The van der Waals surface area contributed by atoms with Gasteiger partial charge in [-0.1, -0.05) is 18.2 Å². The number of imidazole rings is 1. The number of nitrogens with zero attached hydrogens (tertiary/aromatic N) is 2. The molecule has 122 valence electrons. The van der Waals surface area contributed by atoms with Gasteiger partial charge in [0.2, 0.25) is 5.91 Å². The van der Waals surface area contributed by atoms with Crippen LogP contribution in [0.5, 0.6) is 0 Å². The predicted octanol–water partition coefficient (Wildman–Crippen LogP) is 2.74. The van der Waals surface area contributed by atoms with Crippen LogP contribution in [0.2, 0.25) is 0 Å². The van der Waals surface area contributed by atoms with Gasteiger partial charge in [0, 0.05) is 11.7 Å². The Hall–Kier alpha value is -2.30. The fourth-order valence-electron chi connectivity index (χ4n) is 3.17. The summed E-state index contributed by atoms with van der Waals surface area (Å²) in [5.74, 6) is -0.136. The van der Waals surface area contributed by atoms with E-state index < -0.39 is 0 Å². The number of allylic oxidation sites excluding steroid dienone is 2. The highest BCUT2D eigenvalue weighted by Crippen LogP contribution is 2.24. The SMILES string of the molecule is CC(C)NC(=O)Cn1c(=O)n(C2=CCCCC2)c2ccccc21. The topological polar surface area (TPSA) is 56.0 Å². The number of rotatable bonds is 4. The molecule has 5 heteroatoms. The molecule has 0 spiro atoms. The van der Waals surface area contributed by atoms with Crippen LogP contribution < -0.4 is 11.0 Å². The lowest BCUT2D eigenvalue weighted by Crippen LogP contribution is -2.36. The standard InChI is InChI=1S/C18H23N3O2/c1-13(2)19-17(22)12-20-15-10-6-7-11-16(15)21(18(20)23)14-8-4-3-5-9-14/h6-8,10-11,13H,3-5,9,12H2,1-2H3,(H,19,22). The molecule has 1 aliphatic rings. The summed E-state index contributed by atoms with van der Waals surface area (Å²) in [7, 11) is 0. The van der Waals surface area contributed by atoms with Gasteiger partial charge >= 0.3 is 5.69 Å². The van der Waals surface area contributed by atoms with Crippen LogP contribution in [0.1, 0.15) is 39.5 Å². The quantitative estimate of drug-likeness (QED) is 0.943. The maximum absolute atomic E-state index is 12.9. The normalized spacial score (nSPS) is 15.0. The van der Waals surface area contributed by atoms with Crippen molar-refractivity contribution >= 4 is 22.6 Å². The smallest absolute Gasteiger partial charge is 0.333 e. The Balaban J connectivity index is 2.08. The van der Waals surface area contributed by atoms with E-state index in [-0.39, 0.29) is 24.2 Å². The van der Waals surface area contributed by atoms with E-state index in [0.717, 1.165) is 36.0 Å². The first-order chi connectivity index (χ1) is 11.1. The van der Waals surface area contributed by atoms with Crippen molar-refractivity contribution in [1.82, 2.24) is 14.5 Å². The monoisotopic (exact) mass is 313 g/mol. The molecule has 1 aromatic carbocycles. The van der Waals surface area contributed by atoms with E-state index in [2.05, 4.69) is 11.4 Å². The molecule has 0 atom stereocenters. The number of aromatic nitrogens is 2. The van der Waals surface area contributed by atoms with Crippen LogP contribution in [0.3, 0.4) is 0 Å². The fraction of sp³-hybridized carbons (Fsp3) is 0.444. The first-order valence-electron chi connectivity index (χ1n) is 8.27. The van der Waals surface area contributed by atoms with Gasteiger partial charge in [-0.25, -0.2) is 4.79 Å². The molecule has 5 nitrogen and oxygen atoms in total. The molecule has 0 saturated carbocycles. The first-order valence-corrected chi connectivity index (χ1v) is 8.27. The highest BCUT2D eigenvalue weighted by Gasteiger charge is 2.18. The van der Waals surface area contributed by atoms with Gasteiger partial charge in [0.25, 0.3) is 0 Å². The molecule has 23 heavy (non-hydrogen) atoms. The summed E-state index contributed by atoms with van der Waals surface area (Å²) in [5, 5.41) is 2.85. The highest BCUT2D eigenvalue weighted by molar-refractivity contribution is 5.83. The van der Waals surface area contributed by atoms with Gasteiger partial charge in [-0.2, -0.15) is 0 Å². The van der Waals surface area contributed by atoms with Crippen LogP contribution in [0.15, 0.2) is 35.1 Å². The van der Waals surface area contributed by atoms with Gasteiger partial charge in [0.05, 0.1) is 11.0 Å². The molecule has 0 bridgehead atoms. The second-order valence-electron chi connectivity index (χ2n) is 6.36. The van der Waals surface area contributed by atoms with Crippen molar-refractivity contribution in [2.24, 2.45) is 0 Å². The number of hydrogen-bond donors (Lipinski definition) is 1. The molecule has 0 unspecified atom stereocenters. The largest absolute Gasteiger partial charge is 0.352 e. The average Bonchev–Trinajstić information content (AvgIpc) is 2.80. The van der Waals surface area contributed by atoms with E-state index in [4.69, 9.17) is 0 Å². The summed E-state index contributed by atoms with van der Waals surface area (Å²) in [6, 6.07) is 7.74. The number of amides is 1. The number of carbonyl (C=O) groups is 1. The summed E-state index contributed by atoms with van der Waals surface area (Å²) in [6.45, 7) is 3.88. The second-order valence-corrected chi connectivity index (χ2v) is 6.36. The maximum atomic E-state index is 12.9. The van der Waals surface area contributed by atoms with Crippen molar-refractivity contribution in [3.05, 3.63) is 40.8 Å². The van der Waals surface area contributed by atoms with Crippen LogP contribution >= 0.6 is 0 Å². The fourth-order valence-corrected chi connectivity index (χ4v) is 3.17. The van der Waals surface area contributed by atoms with Gasteiger partial charge in [0.15, 0.2) is 0 Å². The van der Waals surface area contributed by atoms with Crippen LogP contribution in [-0.4, -0.2) is 21.1 Å². The summed E-state index contributed by atoms with van der Waals surface area (Å²) in [4.78, 5) is 25.0. The van der Waals surface area contributed by atoms with Crippen LogP contribution in [0.25, 0.3) is 16.7 Å². The number of benzene rings is 1. The Morgan fingerprint density at radius 3 is 2.61 bits per heavy atom. The molecular formula is C18H23N3O2. The van der Waals surface area contributed by atoms with Gasteiger partial charge in [-0.15, -0.1) is 0 Å².